The zero-order valence-corrected chi connectivity index (χ0v) is 10.1. The molecule has 0 aliphatic heterocycles. The van der Waals surface area contributed by atoms with Crippen LogP contribution in [-0.4, -0.2) is 30.1 Å². The largest absolute Gasteiger partial charge is 0.481 e. The van der Waals surface area contributed by atoms with Gasteiger partial charge < -0.3 is 15.7 Å². The molecule has 1 aromatic heterocycles. The SMILES string of the molecule is CN(C(=O)C(N)CC(=O)O)c1ccc(Cl)s1. The summed E-state index contributed by atoms with van der Waals surface area (Å²) in [7, 11) is 1.53. The first-order valence-corrected chi connectivity index (χ1v) is 5.61. The molecule has 0 aliphatic rings. The van der Waals surface area contributed by atoms with E-state index in [9.17, 15) is 9.59 Å². The van der Waals surface area contributed by atoms with E-state index in [0.29, 0.717) is 9.34 Å². The van der Waals surface area contributed by atoms with Gasteiger partial charge in [0, 0.05) is 7.05 Å². The molecule has 1 rings (SSSR count). The van der Waals surface area contributed by atoms with Crippen molar-refractivity contribution < 1.29 is 14.7 Å². The second-order valence-electron chi connectivity index (χ2n) is 3.18. The standard InChI is InChI=1S/C9H11ClN2O3S/c1-12(7-3-2-6(10)16-7)9(15)5(11)4-8(13)14/h2-3,5H,4,11H2,1H3,(H,13,14). The van der Waals surface area contributed by atoms with Crippen LogP contribution in [0, 0.1) is 0 Å². The minimum absolute atomic E-state index is 0.387. The van der Waals surface area contributed by atoms with Crippen molar-refractivity contribution in [2.75, 3.05) is 11.9 Å². The maximum absolute atomic E-state index is 11.7. The van der Waals surface area contributed by atoms with E-state index in [2.05, 4.69) is 0 Å². The van der Waals surface area contributed by atoms with Crippen molar-refractivity contribution in [3.8, 4) is 0 Å². The first-order valence-electron chi connectivity index (χ1n) is 4.42. The number of likely N-dealkylation sites (N-methyl/N-ethyl adjacent to an activating group) is 1. The topological polar surface area (TPSA) is 83.6 Å². The van der Waals surface area contributed by atoms with E-state index in [-0.39, 0.29) is 6.42 Å². The van der Waals surface area contributed by atoms with E-state index in [1.807, 2.05) is 0 Å². The molecule has 0 radical (unpaired) electrons. The molecular weight excluding hydrogens is 252 g/mol. The summed E-state index contributed by atoms with van der Waals surface area (Å²) in [5.74, 6) is -1.54. The lowest BCUT2D eigenvalue weighted by Gasteiger charge is -2.18. The van der Waals surface area contributed by atoms with Crippen LogP contribution in [0.15, 0.2) is 12.1 Å². The lowest BCUT2D eigenvalue weighted by Crippen LogP contribution is -2.42. The van der Waals surface area contributed by atoms with Crippen LogP contribution in [-0.2, 0) is 9.59 Å². The molecule has 0 spiro atoms. The molecule has 88 valence electrons. The van der Waals surface area contributed by atoms with Crippen LogP contribution in [0.5, 0.6) is 0 Å². The van der Waals surface area contributed by atoms with Crippen molar-refractivity contribution in [2.24, 2.45) is 5.73 Å². The number of carbonyl (C=O) groups is 2. The number of hydrogen-bond acceptors (Lipinski definition) is 4. The fourth-order valence-electron chi connectivity index (χ4n) is 1.12. The van der Waals surface area contributed by atoms with E-state index < -0.39 is 17.9 Å². The lowest BCUT2D eigenvalue weighted by molar-refractivity contribution is -0.139. The third-order valence-corrected chi connectivity index (χ3v) is 3.24. The summed E-state index contributed by atoms with van der Waals surface area (Å²) < 4.78 is 0.557. The van der Waals surface area contributed by atoms with Crippen LogP contribution in [0.2, 0.25) is 4.34 Å². The third-order valence-electron chi connectivity index (χ3n) is 1.93. The maximum atomic E-state index is 11.7. The number of anilines is 1. The molecule has 5 nitrogen and oxygen atoms in total. The highest BCUT2D eigenvalue weighted by molar-refractivity contribution is 7.20. The Balaban J connectivity index is 2.70. The Kier molecular flexibility index (Phi) is 4.28. The smallest absolute Gasteiger partial charge is 0.305 e. The summed E-state index contributed by atoms with van der Waals surface area (Å²) >= 11 is 6.96. The Morgan fingerprint density at radius 1 is 1.62 bits per heavy atom. The number of rotatable bonds is 4. The van der Waals surface area contributed by atoms with E-state index in [4.69, 9.17) is 22.4 Å². The van der Waals surface area contributed by atoms with Gasteiger partial charge in [0.05, 0.1) is 21.8 Å². The number of nitrogens with zero attached hydrogens (tertiary/aromatic N) is 1. The molecule has 0 aromatic carbocycles. The molecule has 1 heterocycles. The highest BCUT2D eigenvalue weighted by atomic mass is 35.5. The summed E-state index contributed by atoms with van der Waals surface area (Å²) in [4.78, 5) is 23.4. The Morgan fingerprint density at radius 3 is 2.69 bits per heavy atom. The number of aliphatic carboxylic acids is 1. The minimum atomic E-state index is -1.10. The van der Waals surface area contributed by atoms with Crippen LogP contribution in [0.1, 0.15) is 6.42 Å². The average Bonchev–Trinajstić information content (AvgIpc) is 2.61. The summed E-state index contributed by atoms with van der Waals surface area (Å²) in [6.07, 6.45) is -0.387. The molecule has 16 heavy (non-hydrogen) atoms. The molecule has 0 saturated heterocycles. The molecule has 7 heteroatoms. The minimum Gasteiger partial charge on any atom is -0.481 e. The zero-order valence-electron chi connectivity index (χ0n) is 8.51. The predicted octanol–water partition coefficient (Wildman–Crippen LogP) is 1.17. The number of hydrogen-bond donors (Lipinski definition) is 2. The summed E-state index contributed by atoms with van der Waals surface area (Å²) in [6, 6.07) is 2.30. The number of carbonyl (C=O) groups excluding carboxylic acids is 1. The van der Waals surface area contributed by atoms with Crippen molar-refractivity contribution in [3.63, 3.8) is 0 Å². The number of carboxylic acids is 1. The van der Waals surface area contributed by atoms with E-state index in [0.717, 1.165) is 0 Å². The van der Waals surface area contributed by atoms with Gasteiger partial charge in [-0.25, -0.2) is 0 Å². The fourth-order valence-corrected chi connectivity index (χ4v) is 2.12. The number of amides is 1. The average molecular weight is 263 g/mol. The second-order valence-corrected chi connectivity index (χ2v) is 4.87. The number of halogens is 1. The van der Waals surface area contributed by atoms with Gasteiger partial charge in [0.25, 0.3) is 0 Å². The van der Waals surface area contributed by atoms with Gasteiger partial charge in [-0.1, -0.05) is 11.6 Å². The Hall–Kier alpha value is -1.11. The van der Waals surface area contributed by atoms with Crippen molar-refractivity contribution in [3.05, 3.63) is 16.5 Å². The van der Waals surface area contributed by atoms with Gasteiger partial charge in [-0.3, -0.25) is 9.59 Å². The van der Waals surface area contributed by atoms with Gasteiger partial charge >= 0.3 is 5.97 Å². The van der Waals surface area contributed by atoms with E-state index in [1.54, 1.807) is 12.1 Å². The van der Waals surface area contributed by atoms with Gasteiger partial charge in [-0.2, -0.15) is 0 Å². The molecular formula is C9H11ClN2O3S. The van der Waals surface area contributed by atoms with Crippen LogP contribution in [0.3, 0.4) is 0 Å². The molecule has 1 unspecified atom stereocenters. The van der Waals surface area contributed by atoms with Gasteiger partial charge in [0.2, 0.25) is 5.91 Å². The molecule has 0 fully saturated rings. The first kappa shape index (κ1) is 13.0. The van der Waals surface area contributed by atoms with Crippen molar-refractivity contribution in [1.29, 1.82) is 0 Å². The van der Waals surface area contributed by atoms with Crippen LogP contribution in [0.4, 0.5) is 5.00 Å². The molecule has 1 amide bonds. The fraction of sp³-hybridized carbons (Fsp3) is 0.333. The number of carboxylic acid groups (broad SMARTS) is 1. The van der Waals surface area contributed by atoms with Gasteiger partial charge in [0.15, 0.2) is 0 Å². The molecule has 0 aliphatic carbocycles. The lowest BCUT2D eigenvalue weighted by atomic mass is 10.2. The van der Waals surface area contributed by atoms with E-state index >= 15 is 0 Å². The second kappa shape index (κ2) is 5.29. The monoisotopic (exact) mass is 262 g/mol. The maximum Gasteiger partial charge on any atom is 0.305 e. The molecule has 3 N–H and O–H groups in total. The van der Waals surface area contributed by atoms with Crippen LogP contribution < -0.4 is 10.6 Å². The normalized spacial score (nSPS) is 12.2. The molecule has 0 bridgehead atoms. The van der Waals surface area contributed by atoms with Crippen LogP contribution in [0.25, 0.3) is 0 Å². The summed E-state index contributed by atoms with van der Waals surface area (Å²) in [5.41, 5.74) is 5.46. The van der Waals surface area contributed by atoms with Gasteiger partial charge in [-0.05, 0) is 12.1 Å². The Morgan fingerprint density at radius 2 is 2.25 bits per heavy atom. The zero-order chi connectivity index (χ0) is 12.3. The molecule has 1 atom stereocenters. The summed E-state index contributed by atoms with van der Waals surface area (Å²) in [5, 5.41) is 9.16. The highest BCUT2D eigenvalue weighted by Gasteiger charge is 2.22. The quantitative estimate of drug-likeness (QED) is 0.853. The first-order chi connectivity index (χ1) is 7.41. The van der Waals surface area contributed by atoms with Crippen molar-refractivity contribution in [2.45, 2.75) is 12.5 Å². The summed E-state index contributed by atoms with van der Waals surface area (Å²) in [6.45, 7) is 0. The van der Waals surface area contributed by atoms with Crippen molar-refractivity contribution in [1.82, 2.24) is 0 Å². The number of thiophene rings is 1. The van der Waals surface area contributed by atoms with Crippen molar-refractivity contribution >= 4 is 39.8 Å². The van der Waals surface area contributed by atoms with Gasteiger partial charge in [-0.15, -0.1) is 11.3 Å². The number of nitrogens with two attached hydrogens (primary N) is 1. The Bertz CT molecular complexity index is 407. The van der Waals surface area contributed by atoms with E-state index in [1.165, 1.54) is 23.3 Å². The molecule has 1 aromatic rings. The highest BCUT2D eigenvalue weighted by Crippen LogP contribution is 2.29. The molecule has 0 saturated carbocycles. The van der Waals surface area contributed by atoms with Crippen LogP contribution >= 0.6 is 22.9 Å². The third kappa shape index (κ3) is 3.19. The van der Waals surface area contributed by atoms with Gasteiger partial charge in [0.1, 0.15) is 0 Å². The predicted molar refractivity (Wildman–Crippen MR) is 63.0 cm³/mol. The Labute approximate surface area is 101 Å².